The van der Waals surface area contributed by atoms with Gasteiger partial charge >= 0.3 is 0 Å². The number of aliphatic imine (C=N–C) groups is 1. The molecule has 2 aromatic heterocycles. The van der Waals surface area contributed by atoms with Crippen LogP contribution in [0.25, 0.3) is 0 Å². The number of aryl methyl sites for hydroxylation is 2. The summed E-state index contributed by atoms with van der Waals surface area (Å²) in [6.07, 6.45) is 4.13. The van der Waals surface area contributed by atoms with Crippen LogP contribution in [0.2, 0.25) is 0 Å². The van der Waals surface area contributed by atoms with Gasteiger partial charge in [-0.3, -0.25) is 10.3 Å². The monoisotopic (exact) mass is 438 g/mol. The topological polar surface area (TPSA) is 112 Å². The molecule has 10 heteroatoms. The number of H-pyrrole nitrogens is 1. The Kier molecular flexibility index (Phi) is 7.88. The van der Waals surface area contributed by atoms with Gasteiger partial charge in [0.05, 0.1) is 18.6 Å². The van der Waals surface area contributed by atoms with Crippen LogP contribution in [-0.2, 0) is 6.42 Å². The normalized spacial score (nSPS) is 11.1. The molecule has 3 aromatic rings. The average molecular weight is 439 g/mol. The summed E-state index contributed by atoms with van der Waals surface area (Å²) >= 11 is 5.50. The number of rotatable bonds is 7. The van der Waals surface area contributed by atoms with Gasteiger partial charge in [0.2, 0.25) is 11.9 Å². The maximum atomic E-state index is 5.65. The van der Waals surface area contributed by atoms with Gasteiger partial charge in [-0.2, -0.15) is 0 Å². The van der Waals surface area contributed by atoms with E-state index in [0.29, 0.717) is 36.6 Å². The lowest BCUT2D eigenvalue weighted by Gasteiger charge is -2.16. The molecule has 162 valence electrons. The van der Waals surface area contributed by atoms with Gasteiger partial charge in [-0.1, -0.05) is 12.1 Å². The third-order valence-corrected chi connectivity index (χ3v) is 4.29. The fourth-order valence-corrected chi connectivity index (χ4v) is 3.03. The first-order chi connectivity index (χ1) is 15.0. The molecular formula is C21H26N8OS. The zero-order chi connectivity index (χ0) is 22.1. The fourth-order valence-electron chi connectivity index (χ4n) is 2.82. The standard InChI is InChI=1S/C21H26N8OS/c1-4-30-18-8-6-5-7-17(18)27-21(31)29-19(23-10-9-16-12-22-13-24-16)28-20-25-14(2)11-15(3)26-20/h5-8,11-13H,4,9-10H2,1-3H3,(H,22,24)(H3,23,25,26,27,28,29,31). The molecule has 0 atom stereocenters. The van der Waals surface area contributed by atoms with Crippen molar-refractivity contribution in [3.05, 3.63) is 59.9 Å². The first-order valence-corrected chi connectivity index (χ1v) is 10.3. The van der Waals surface area contributed by atoms with Gasteiger partial charge in [-0.25, -0.2) is 15.0 Å². The number of benzene rings is 1. The number of ether oxygens (including phenoxy) is 1. The van der Waals surface area contributed by atoms with E-state index in [4.69, 9.17) is 17.0 Å². The molecule has 3 rings (SSSR count). The predicted octanol–water partition coefficient (Wildman–Crippen LogP) is 3.21. The molecule has 31 heavy (non-hydrogen) atoms. The van der Waals surface area contributed by atoms with Gasteiger partial charge in [0.1, 0.15) is 5.75 Å². The largest absolute Gasteiger partial charge is 0.492 e. The highest BCUT2D eigenvalue weighted by Gasteiger charge is 2.09. The summed E-state index contributed by atoms with van der Waals surface area (Å²) < 4.78 is 5.65. The van der Waals surface area contributed by atoms with Crippen LogP contribution in [0, 0.1) is 13.8 Å². The summed E-state index contributed by atoms with van der Waals surface area (Å²) in [5.74, 6) is 1.61. The lowest BCUT2D eigenvalue weighted by molar-refractivity contribution is 0.342. The molecule has 9 nitrogen and oxygen atoms in total. The summed E-state index contributed by atoms with van der Waals surface area (Å²) in [4.78, 5) is 20.5. The highest BCUT2D eigenvalue weighted by Crippen LogP contribution is 2.23. The van der Waals surface area contributed by atoms with Crippen molar-refractivity contribution < 1.29 is 4.74 Å². The predicted molar refractivity (Wildman–Crippen MR) is 127 cm³/mol. The number of para-hydroxylation sites is 2. The van der Waals surface area contributed by atoms with Crippen LogP contribution in [0.1, 0.15) is 24.0 Å². The molecule has 0 bridgehead atoms. The van der Waals surface area contributed by atoms with Gasteiger partial charge in [-0.15, -0.1) is 0 Å². The SMILES string of the molecule is CCOc1ccccc1NC(=S)NC(=NCCc1cnc[nH]1)Nc1nc(C)cc(C)n1. The van der Waals surface area contributed by atoms with Crippen molar-refractivity contribution in [2.24, 2.45) is 4.99 Å². The van der Waals surface area contributed by atoms with Crippen LogP contribution in [-0.4, -0.2) is 44.2 Å². The maximum absolute atomic E-state index is 5.65. The number of hydrogen-bond donors (Lipinski definition) is 4. The summed E-state index contributed by atoms with van der Waals surface area (Å²) in [5, 5.41) is 9.75. The fraction of sp³-hybridized carbons (Fsp3) is 0.286. The number of anilines is 2. The van der Waals surface area contributed by atoms with E-state index in [0.717, 1.165) is 28.5 Å². The third-order valence-electron chi connectivity index (χ3n) is 4.09. The number of aromatic nitrogens is 4. The average Bonchev–Trinajstić information content (AvgIpc) is 3.22. The van der Waals surface area contributed by atoms with Crippen molar-refractivity contribution in [1.29, 1.82) is 0 Å². The van der Waals surface area contributed by atoms with Gasteiger partial charge in [-0.05, 0) is 51.2 Å². The van der Waals surface area contributed by atoms with E-state index in [1.165, 1.54) is 0 Å². The lowest BCUT2D eigenvalue weighted by Crippen LogP contribution is -2.39. The smallest absolute Gasteiger partial charge is 0.229 e. The zero-order valence-corrected chi connectivity index (χ0v) is 18.6. The molecule has 0 aliphatic carbocycles. The minimum absolute atomic E-state index is 0.365. The summed E-state index contributed by atoms with van der Waals surface area (Å²) in [6, 6.07) is 9.51. The van der Waals surface area contributed by atoms with Crippen LogP contribution in [0.15, 0.2) is 47.8 Å². The molecule has 0 saturated carbocycles. The van der Waals surface area contributed by atoms with Crippen LogP contribution in [0.4, 0.5) is 11.6 Å². The summed E-state index contributed by atoms with van der Waals surface area (Å²) in [7, 11) is 0. The number of guanidine groups is 1. The molecule has 0 spiro atoms. The zero-order valence-electron chi connectivity index (χ0n) is 17.8. The quantitative estimate of drug-likeness (QED) is 0.253. The first kappa shape index (κ1) is 22.2. The summed E-state index contributed by atoms with van der Waals surface area (Å²) in [6.45, 7) is 6.84. The van der Waals surface area contributed by atoms with Crippen LogP contribution in [0.5, 0.6) is 5.75 Å². The Hall–Kier alpha value is -3.53. The summed E-state index contributed by atoms with van der Waals surface area (Å²) in [5.41, 5.74) is 3.48. The Labute approximate surface area is 186 Å². The van der Waals surface area contributed by atoms with E-state index in [1.807, 2.05) is 51.1 Å². The van der Waals surface area contributed by atoms with Gasteiger partial charge in [0, 0.05) is 36.2 Å². The molecule has 0 aliphatic heterocycles. The van der Waals surface area contributed by atoms with Crippen molar-refractivity contribution in [1.82, 2.24) is 25.3 Å². The van der Waals surface area contributed by atoms with E-state index < -0.39 is 0 Å². The van der Waals surface area contributed by atoms with E-state index in [-0.39, 0.29) is 0 Å². The number of thiocarbonyl (C=S) groups is 1. The maximum Gasteiger partial charge on any atom is 0.229 e. The first-order valence-electron chi connectivity index (χ1n) is 9.94. The molecule has 0 unspecified atom stereocenters. The molecule has 1 aromatic carbocycles. The van der Waals surface area contributed by atoms with E-state index in [9.17, 15) is 0 Å². The lowest BCUT2D eigenvalue weighted by atomic mass is 10.3. The number of aromatic amines is 1. The minimum atomic E-state index is 0.365. The molecule has 0 saturated heterocycles. The van der Waals surface area contributed by atoms with Gasteiger partial charge in [0.25, 0.3) is 0 Å². The number of nitrogens with zero attached hydrogens (tertiary/aromatic N) is 4. The van der Waals surface area contributed by atoms with Crippen molar-refractivity contribution in [2.45, 2.75) is 27.2 Å². The molecule has 2 heterocycles. The number of nitrogens with one attached hydrogen (secondary N) is 4. The second-order valence-corrected chi connectivity index (χ2v) is 7.07. The molecular weight excluding hydrogens is 412 g/mol. The molecule has 4 N–H and O–H groups in total. The Bertz CT molecular complexity index is 1020. The highest BCUT2D eigenvalue weighted by molar-refractivity contribution is 7.80. The van der Waals surface area contributed by atoms with E-state index in [2.05, 4.69) is 40.9 Å². The number of hydrogen-bond acceptors (Lipinski definition) is 6. The molecule has 0 fully saturated rings. The second kappa shape index (κ2) is 11.0. The number of imidazole rings is 1. The van der Waals surface area contributed by atoms with Crippen molar-refractivity contribution in [2.75, 3.05) is 23.8 Å². The highest BCUT2D eigenvalue weighted by atomic mass is 32.1. The van der Waals surface area contributed by atoms with E-state index in [1.54, 1.807) is 12.5 Å². The molecule has 0 amide bonds. The Morgan fingerprint density at radius 1 is 1.16 bits per heavy atom. The van der Waals surface area contributed by atoms with Gasteiger partial charge in [0.15, 0.2) is 5.11 Å². The van der Waals surface area contributed by atoms with Crippen LogP contribution >= 0.6 is 12.2 Å². The Balaban J connectivity index is 1.72. The second-order valence-electron chi connectivity index (χ2n) is 6.66. The van der Waals surface area contributed by atoms with E-state index >= 15 is 0 Å². The molecule has 0 aliphatic rings. The van der Waals surface area contributed by atoms with Crippen LogP contribution in [0.3, 0.4) is 0 Å². The van der Waals surface area contributed by atoms with Crippen molar-refractivity contribution >= 4 is 34.9 Å². The van der Waals surface area contributed by atoms with Crippen LogP contribution < -0.4 is 20.7 Å². The minimum Gasteiger partial charge on any atom is -0.492 e. The third kappa shape index (κ3) is 7.03. The molecule has 0 radical (unpaired) electrons. The van der Waals surface area contributed by atoms with Crippen molar-refractivity contribution in [3.8, 4) is 5.75 Å². The van der Waals surface area contributed by atoms with Gasteiger partial charge < -0.3 is 20.4 Å². The van der Waals surface area contributed by atoms with Crippen molar-refractivity contribution in [3.63, 3.8) is 0 Å². The Morgan fingerprint density at radius 2 is 1.94 bits per heavy atom. The Morgan fingerprint density at radius 3 is 2.65 bits per heavy atom.